The zero-order chi connectivity index (χ0) is 14.5. The molecule has 0 spiro atoms. The lowest BCUT2D eigenvalue weighted by molar-refractivity contribution is 0.188. The summed E-state index contributed by atoms with van der Waals surface area (Å²) >= 11 is 0. The molecule has 2 amide bonds. The molecule has 1 heterocycles. The second-order valence-corrected chi connectivity index (χ2v) is 5.38. The summed E-state index contributed by atoms with van der Waals surface area (Å²) in [4.78, 5) is 13.0. The normalized spacial score (nSPS) is 20.8. The van der Waals surface area contributed by atoms with Gasteiger partial charge in [-0.25, -0.2) is 4.79 Å². The van der Waals surface area contributed by atoms with Crippen molar-refractivity contribution in [3.8, 4) is 5.75 Å². The number of amides is 2. The summed E-state index contributed by atoms with van der Waals surface area (Å²) in [6.45, 7) is 4.25. The van der Waals surface area contributed by atoms with Crippen molar-refractivity contribution in [2.24, 2.45) is 5.92 Å². The Balaban J connectivity index is 1.88. The molecule has 0 bridgehead atoms. The van der Waals surface area contributed by atoms with Crippen molar-refractivity contribution in [2.75, 3.05) is 33.8 Å². The molecular weight excluding hydrogens is 254 g/mol. The number of nitrogens with one attached hydrogen (secondary N) is 2. The van der Waals surface area contributed by atoms with Crippen LogP contribution in [0.3, 0.4) is 0 Å². The molecule has 0 aromatic heterocycles. The molecule has 0 radical (unpaired) electrons. The van der Waals surface area contributed by atoms with Crippen LogP contribution < -0.4 is 15.4 Å². The number of ether oxygens (including phenoxy) is 1. The van der Waals surface area contributed by atoms with E-state index in [4.69, 9.17) is 4.74 Å². The van der Waals surface area contributed by atoms with Crippen LogP contribution in [0.5, 0.6) is 5.75 Å². The first-order valence-electron chi connectivity index (χ1n) is 7.00. The number of hydrogen-bond donors (Lipinski definition) is 2. The second-order valence-electron chi connectivity index (χ2n) is 5.38. The van der Waals surface area contributed by atoms with Gasteiger partial charge in [0.15, 0.2) is 0 Å². The summed E-state index contributed by atoms with van der Waals surface area (Å²) < 4.78 is 5.73. The predicted octanol–water partition coefficient (Wildman–Crippen LogP) is 1.62. The van der Waals surface area contributed by atoms with E-state index < -0.39 is 0 Å². The third kappa shape index (κ3) is 3.42. The van der Waals surface area contributed by atoms with Gasteiger partial charge in [0, 0.05) is 44.7 Å². The first kappa shape index (κ1) is 14.7. The molecule has 1 aromatic rings. The van der Waals surface area contributed by atoms with E-state index in [1.165, 1.54) is 10.5 Å². The fraction of sp³-hybridized carbons (Fsp3) is 0.533. The van der Waals surface area contributed by atoms with Crippen LogP contribution in [-0.4, -0.2) is 44.7 Å². The zero-order valence-corrected chi connectivity index (χ0v) is 12.3. The van der Waals surface area contributed by atoms with Crippen LogP contribution in [0.4, 0.5) is 4.79 Å². The number of hydrogen-bond acceptors (Lipinski definition) is 3. The predicted molar refractivity (Wildman–Crippen MR) is 78.9 cm³/mol. The molecule has 2 N–H and O–H groups in total. The summed E-state index contributed by atoms with van der Waals surface area (Å²) in [6, 6.07) is 8.33. The quantitative estimate of drug-likeness (QED) is 0.822. The van der Waals surface area contributed by atoms with Crippen LogP contribution in [-0.2, 0) is 0 Å². The highest BCUT2D eigenvalue weighted by molar-refractivity contribution is 5.73. The standard InChI is InChI=1S/C15H23N3O2/c1-11-10-20-13-7-5-4-6-12(13)14(11)16-8-9-17-15(19)18(2)3/h4-7,11,14,16H,8-10H2,1-3H3,(H,17,19). The molecule has 1 aliphatic heterocycles. The molecule has 0 aliphatic carbocycles. The fourth-order valence-corrected chi connectivity index (χ4v) is 2.36. The molecule has 0 saturated heterocycles. The third-order valence-corrected chi connectivity index (χ3v) is 3.50. The van der Waals surface area contributed by atoms with Gasteiger partial charge >= 0.3 is 6.03 Å². The van der Waals surface area contributed by atoms with Gasteiger partial charge < -0.3 is 20.3 Å². The number of urea groups is 1. The lowest BCUT2D eigenvalue weighted by Gasteiger charge is -2.32. The Kier molecular flexibility index (Phi) is 4.84. The molecule has 2 atom stereocenters. The Labute approximate surface area is 120 Å². The van der Waals surface area contributed by atoms with Gasteiger partial charge in [0.2, 0.25) is 0 Å². The van der Waals surface area contributed by atoms with Crippen molar-refractivity contribution < 1.29 is 9.53 Å². The fourth-order valence-electron chi connectivity index (χ4n) is 2.36. The van der Waals surface area contributed by atoms with Crippen molar-refractivity contribution in [1.29, 1.82) is 0 Å². The summed E-state index contributed by atoms with van der Waals surface area (Å²) in [7, 11) is 3.47. The minimum atomic E-state index is -0.0628. The van der Waals surface area contributed by atoms with Crippen molar-refractivity contribution in [3.05, 3.63) is 29.8 Å². The topological polar surface area (TPSA) is 53.6 Å². The Bertz CT molecular complexity index is 462. The second kappa shape index (κ2) is 6.61. The number of fused-ring (bicyclic) bond motifs is 1. The van der Waals surface area contributed by atoms with Crippen LogP contribution in [0.25, 0.3) is 0 Å². The number of para-hydroxylation sites is 1. The van der Waals surface area contributed by atoms with E-state index in [9.17, 15) is 4.79 Å². The summed E-state index contributed by atoms with van der Waals surface area (Å²) in [5.74, 6) is 1.37. The number of nitrogens with zero attached hydrogens (tertiary/aromatic N) is 1. The smallest absolute Gasteiger partial charge is 0.316 e. The van der Waals surface area contributed by atoms with E-state index in [0.29, 0.717) is 12.5 Å². The molecule has 110 valence electrons. The largest absolute Gasteiger partial charge is 0.493 e. The van der Waals surface area contributed by atoms with Gasteiger partial charge in [-0.1, -0.05) is 25.1 Å². The van der Waals surface area contributed by atoms with Gasteiger partial charge in [0.25, 0.3) is 0 Å². The van der Waals surface area contributed by atoms with Crippen LogP contribution in [0, 0.1) is 5.92 Å². The highest BCUT2D eigenvalue weighted by Gasteiger charge is 2.26. The van der Waals surface area contributed by atoms with Crippen LogP contribution in [0.15, 0.2) is 24.3 Å². The van der Waals surface area contributed by atoms with Crippen LogP contribution in [0.2, 0.25) is 0 Å². The minimum Gasteiger partial charge on any atom is -0.493 e. The van der Waals surface area contributed by atoms with Gasteiger partial charge in [-0.2, -0.15) is 0 Å². The molecule has 2 unspecified atom stereocenters. The Morgan fingerprint density at radius 3 is 2.85 bits per heavy atom. The number of rotatable bonds is 4. The summed E-state index contributed by atoms with van der Waals surface area (Å²) in [5.41, 5.74) is 1.20. The van der Waals surface area contributed by atoms with Gasteiger partial charge in [0.05, 0.1) is 6.61 Å². The Morgan fingerprint density at radius 2 is 2.10 bits per heavy atom. The highest BCUT2D eigenvalue weighted by atomic mass is 16.5. The van der Waals surface area contributed by atoms with E-state index in [0.717, 1.165) is 18.9 Å². The van der Waals surface area contributed by atoms with E-state index in [1.807, 2.05) is 18.2 Å². The maximum atomic E-state index is 11.4. The first-order chi connectivity index (χ1) is 9.59. The number of benzene rings is 1. The molecule has 1 aromatic carbocycles. The summed E-state index contributed by atoms with van der Waals surface area (Å²) in [6.07, 6.45) is 0. The Hall–Kier alpha value is -1.75. The number of carbonyl (C=O) groups excluding carboxylic acids is 1. The minimum absolute atomic E-state index is 0.0628. The lowest BCUT2D eigenvalue weighted by atomic mass is 9.92. The van der Waals surface area contributed by atoms with Crippen molar-refractivity contribution in [3.63, 3.8) is 0 Å². The van der Waals surface area contributed by atoms with Crippen LogP contribution in [0.1, 0.15) is 18.5 Å². The molecular formula is C15H23N3O2. The molecule has 2 rings (SSSR count). The van der Waals surface area contributed by atoms with Gasteiger partial charge in [-0.05, 0) is 6.07 Å². The summed E-state index contributed by atoms with van der Waals surface area (Å²) in [5, 5.41) is 6.36. The molecule has 1 aliphatic rings. The van der Waals surface area contributed by atoms with Gasteiger partial charge in [-0.15, -0.1) is 0 Å². The Morgan fingerprint density at radius 1 is 1.35 bits per heavy atom. The molecule has 5 heteroatoms. The average molecular weight is 277 g/mol. The van der Waals surface area contributed by atoms with Crippen molar-refractivity contribution in [1.82, 2.24) is 15.5 Å². The van der Waals surface area contributed by atoms with E-state index in [1.54, 1.807) is 14.1 Å². The number of carbonyl (C=O) groups is 1. The first-order valence-corrected chi connectivity index (χ1v) is 7.00. The SMILES string of the molecule is CC1COc2ccccc2C1NCCNC(=O)N(C)C. The van der Waals surface area contributed by atoms with Crippen molar-refractivity contribution in [2.45, 2.75) is 13.0 Å². The molecule has 20 heavy (non-hydrogen) atoms. The highest BCUT2D eigenvalue weighted by Crippen LogP contribution is 2.34. The maximum absolute atomic E-state index is 11.4. The molecule has 0 fully saturated rings. The molecule has 0 saturated carbocycles. The average Bonchev–Trinajstić information content (AvgIpc) is 2.45. The van der Waals surface area contributed by atoms with Gasteiger partial charge in [0.1, 0.15) is 5.75 Å². The third-order valence-electron chi connectivity index (χ3n) is 3.50. The zero-order valence-electron chi connectivity index (χ0n) is 12.3. The van der Waals surface area contributed by atoms with E-state index in [-0.39, 0.29) is 12.1 Å². The maximum Gasteiger partial charge on any atom is 0.316 e. The van der Waals surface area contributed by atoms with Crippen LogP contribution >= 0.6 is 0 Å². The molecule has 5 nitrogen and oxygen atoms in total. The van der Waals surface area contributed by atoms with E-state index >= 15 is 0 Å². The van der Waals surface area contributed by atoms with Gasteiger partial charge in [-0.3, -0.25) is 0 Å². The monoisotopic (exact) mass is 277 g/mol. The van der Waals surface area contributed by atoms with Crippen molar-refractivity contribution >= 4 is 6.03 Å². The van der Waals surface area contributed by atoms with E-state index in [2.05, 4.69) is 23.6 Å². The lowest BCUT2D eigenvalue weighted by Crippen LogP contribution is -2.41.